The Balaban J connectivity index is 1.49. The van der Waals surface area contributed by atoms with E-state index in [1.54, 1.807) is 24.3 Å². The molecule has 146 valence electrons. The number of carbonyl (C=O) groups excluding carboxylic acids is 2. The van der Waals surface area contributed by atoms with E-state index in [-0.39, 0.29) is 6.61 Å². The molecule has 0 saturated carbocycles. The van der Waals surface area contributed by atoms with Crippen molar-refractivity contribution in [2.45, 2.75) is 13.5 Å². The van der Waals surface area contributed by atoms with E-state index < -0.39 is 11.9 Å². The fourth-order valence-corrected chi connectivity index (χ4v) is 3.50. The number of carbonyl (C=O) groups is 2. The molecule has 1 amide bonds. The van der Waals surface area contributed by atoms with Crippen molar-refractivity contribution in [3.8, 4) is 0 Å². The molecule has 1 aromatic heterocycles. The molecule has 0 aliphatic heterocycles. The van der Waals surface area contributed by atoms with Gasteiger partial charge in [-0.2, -0.15) is 0 Å². The average molecular weight is 387 g/mol. The van der Waals surface area contributed by atoms with Crippen LogP contribution in [0, 0.1) is 0 Å². The zero-order valence-electron chi connectivity index (χ0n) is 16.0. The van der Waals surface area contributed by atoms with E-state index in [1.165, 1.54) is 0 Å². The normalized spacial score (nSPS) is 10.9. The van der Waals surface area contributed by atoms with Crippen LogP contribution >= 0.6 is 0 Å². The topological polar surface area (TPSA) is 86.4 Å². The third-order valence-electron chi connectivity index (χ3n) is 4.85. The summed E-state index contributed by atoms with van der Waals surface area (Å²) in [6.45, 7) is 2.60. The van der Waals surface area contributed by atoms with Gasteiger partial charge in [-0.25, -0.2) is 4.79 Å². The van der Waals surface area contributed by atoms with Gasteiger partial charge in [0.2, 0.25) is 0 Å². The van der Waals surface area contributed by atoms with Crippen LogP contribution in [0.25, 0.3) is 21.8 Å². The number of nitrogens with one attached hydrogen (secondary N) is 1. The van der Waals surface area contributed by atoms with Crippen LogP contribution in [-0.4, -0.2) is 23.1 Å². The molecular formula is C23H21N3O3. The molecule has 6 nitrogen and oxygen atoms in total. The van der Waals surface area contributed by atoms with Crippen LogP contribution in [0.2, 0.25) is 0 Å². The Bertz CT molecular complexity index is 1210. The molecule has 3 aromatic carbocycles. The lowest BCUT2D eigenvalue weighted by Crippen LogP contribution is -2.20. The third-order valence-corrected chi connectivity index (χ3v) is 4.85. The Morgan fingerprint density at radius 3 is 2.45 bits per heavy atom. The SMILES string of the molecule is CCn1c2ccccc2c2cc(NC(=O)COC(=O)c3ccc(N)cc3)ccc21. The van der Waals surface area contributed by atoms with Gasteiger partial charge in [-0.1, -0.05) is 18.2 Å². The summed E-state index contributed by atoms with van der Waals surface area (Å²) in [5, 5.41) is 5.00. The quantitative estimate of drug-likeness (QED) is 0.397. The highest BCUT2D eigenvalue weighted by molar-refractivity contribution is 6.10. The fraction of sp³-hybridized carbons (Fsp3) is 0.130. The second-order valence-corrected chi connectivity index (χ2v) is 6.74. The van der Waals surface area contributed by atoms with Crippen molar-refractivity contribution < 1.29 is 14.3 Å². The van der Waals surface area contributed by atoms with Gasteiger partial charge in [0.05, 0.1) is 5.56 Å². The van der Waals surface area contributed by atoms with Crippen LogP contribution < -0.4 is 11.1 Å². The lowest BCUT2D eigenvalue weighted by Gasteiger charge is -2.08. The Kier molecular flexibility index (Phi) is 4.91. The number of para-hydroxylation sites is 1. The average Bonchev–Trinajstić information content (AvgIpc) is 3.05. The maximum Gasteiger partial charge on any atom is 0.338 e. The van der Waals surface area contributed by atoms with Gasteiger partial charge in [0.25, 0.3) is 5.91 Å². The number of esters is 1. The molecule has 0 radical (unpaired) electrons. The van der Waals surface area contributed by atoms with E-state index in [2.05, 4.69) is 28.9 Å². The number of rotatable bonds is 5. The van der Waals surface area contributed by atoms with Crippen molar-refractivity contribution >= 4 is 45.1 Å². The first kappa shape index (κ1) is 18.6. The van der Waals surface area contributed by atoms with Crippen LogP contribution in [0.3, 0.4) is 0 Å². The van der Waals surface area contributed by atoms with Crippen LogP contribution in [0.1, 0.15) is 17.3 Å². The van der Waals surface area contributed by atoms with E-state index in [9.17, 15) is 9.59 Å². The molecule has 1 heterocycles. The van der Waals surface area contributed by atoms with Gasteiger partial charge in [0.15, 0.2) is 6.61 Å². The maximum absolute atomic E-state index is 12.2. The number of hydrogen-bond acceptors (Lipinski definition) is 4. The van der Waals surface area contributed by atoms with Crippen LogP contribution in [0.15, 0.2) is 66.7 Å². The van der Waals surface area contributed by atoms with Crippen LogP contribution in [0.4, 0.5) is 11.4 Å². The number of ether oxygens (including phenoxy) is 1. The fourth-order valence-electron chi connectivity index (χ4n) is 3.50. The second-order valence-electron chi connectivity index (χ2n) is 6.74. The molecule has 0 aliphatic carbocycles. The van der Waals surface area contributed by atoms with Gasteiger partial charge >= 0.3 is 5.97 Å². The van der Waals surface area contributed by atoms with Gasteiger partial charge < -0.3 is 20.4 Å². The summed E-state index contributed by atoms with van der Waals surface area (Å²) in [5.41, 5.74) is 9.43. The molecule has 0 atom stereocenters. The third kappa shape index (κ3) is 3.65. The first-order chi connectivity index (χ1) is 14.1. The number of nitrogens with zero attached hydrogens (tertiary/aromatic N) is 1. The molecule has 0 bridgehead atoms. The monoisotopic (exact) mass is 387 g/mol. The maximum atomic E-state index is 12.2. The summed E-state index contributed by atoms with van der Waals surface area (Å²) in [5.74, 6) is -0.964. The number of benzene rings is 3. The van der Waals surface area contributed by atoms with Crippen LogP contribution in [-0.2, 0) is 16.1 Å². The largest absolute Gasteiger partial charge is 0.452 e. The van der Waals surface area contributed by atoms with E-state index in [0.29, 0.717) is 16.9 Å². The number of anilines is 2. The number of aryl methyl sites for hydroxylation is 1. The molecule has 0 aliphatic rings. The lowest BCUT2D eigenvalue weighted by molar-refractivity contribution is -0.119. The van der Waals surface area contributed by atoms with E-state index in [0.717, 1.165) is 28.4 Å². The smallest absolute Gasteiger partial charge is 0.338 e. The van der Waals surface area contributed by atoms with Crippen LogP contribution in [0.5, 0.6) is 0 Å². The molecule has 29 heavy (non-hydrogen) atoms. The van der Waals surface area contributed by atoms with Gasteiger partial charge in [-0.05, 0) is 55.5 Å². The van der Waals surface area contributed by atoms with Crippen molar-refractivity contribution in [2.24, 2.45) is 0 Å². The minimum Gasteiger partial charge on any atom is -0.452 e. The van der Waals surface area contributed by atoms with Crippen molar-refractivity contribution in [1.82, 2.24) is 4.57 Å². The molecule has 6 heteroatoms. The van der Waals surface area contributed by atoms with E-state index >= 15 is 0 Å². The van der Waals surface area contributed by atoms with E-state index in [1.807, 2.05) is 30.3 Å². The van der Waals surface area contributed by atoms with Crippen molar-refractivity contribution in [3.63, 3.8) is 0 Å². The number of aromatic nitrogens is 1. The summed E-state index contributed by atoms with van der Waals surface area (Å²) >= 11 is 0. The molecule has 4 rings (SSSR count). The molecule has 3 N–H and O–H groups in total. The summed E-state index contributed by atoms with van der Waals surface area (Å²) in [7, 11) is 0. The van der Waals surface area contributed by atoms with Gasteiger partial charge in [0.1, 0.15) is 0 Å². The Morgan fingerprint density at radius 1 is 0.966 bits per heavy atom. The van der Waals surface area contributed by atoms with E-state index in [4.69, 9.17) is 10.5 Å². The van der Waals surface area contributed by atoms with Gasteiger partial charge in [-0.3, -0.25) is 4.79 Å². The number of nitrogens with two attached hydrogens (primary N) is 1. The second kappa shape index (κ2) is 7.67. The Labute approximate surface area is 167 Å². The number of nitrogen functional groups attached to an aromatic ring is 1. The highest BCUT2D eigenvalue weighted by atomic mass is 16.5. The van der Waals surface area contributed by atoms with Crippen molar-refractivity contribution in [1.29, 1.82) is 0 Å². The standard InChI is InChI=1S/C23H21N3O3/c1-2-26-20-6-4-3-5-18(20)19-13-17(11-12-21(19)26)25-22(27)14-29-23(28)15-7-9-16(24)10-8-15/h3-13H,2,14,24H2,1H3,(H,25,27). The van der Waals surface area contributed by atoms with Crippen molar-refractivity contribution in [2.75, 3.05) is 17.7 Å². The minimum atomic E-state index is -0.568. The molecule has 0 spiro atoms. The number of hydrogen-bond donors (Lipinski definition) is 2. The zero-order chi connectivity index (χ0) is 20.4. The number of amides is 1. The van der Waals surface area contributed by atoms with Crippen molar-refractivity contribution in [3.05, 3.63) is 72.3 Å². The highest BCUT2D eigenvalue weighted by Crippen LogP contribution is 2.30. The predicted octanol–water partition coefficient (Wildman–Crippen LogP) is 4.19. The summed E-state index contributed by atoms with van der Waals surface area (Å²) in [4.78, 5) is 24.3. The zero-order valence-corrected chi connectivity index (χ0v) is 16.0. The lowest BCUT2D eigenvalue weighted by atomic mass is 10.1. The molecule has 4 aromatic rings. The molecule has 0 unspecified atom stereocenters. The van der Waals surface area contributed by atoms with Gasteiger partial charge in [-0.15, -0.1) is 0 Å². The number of fused-ring (bicyclic) bond motifs is 3. The van der Waals surface area contributed by atoms with Gasteiger partial charge in [0, 0.05) is 39.7 Å². The predicted molar refractivity (Wildman–Crippen MR) is 115 cm³/mol. The minimum absolute atomic E-state index is 0.348. The molecule has 0 fully saturated rings. The summed E-state index contributed by atoms with van der Waals surface area (Å²) < 4.78 is 7.33. The molecule has 0 saturated heterocycles. The summed E-state index contributed by atoms with van der Waals surface area (Å²) in [6.07, 6.45) is 0. The molecular weight excluding hydrogens is 366 g/mol. The first-order valence-electron chi connectivity index (χ1n) is 9.40. The highest BCUT2D eigenvalue weighted by Gasteiger charge is 2.13. The summed E-state index contributed by atoms with van der Waals surface area (Å²) in [6, 6.07) is 20.3. The Morgan fingerprint density at radius 2 is 1.69 bits per heavy atom. The Hall–Kier alpha value is -3.80. The first-order valence-corrected chi connectivity index (χ1v) is 9.40.